The van der Waals surface area contributed by atoms with Crippen LogP contribution < -0.4 is 0 Å². The van der Waals surface area contributed by atoms with E-state index in [1.807, 2.05) is 13.0 Å². The lowest BCUT2D eigenvalue weighted by molar-refractivity contribution is 0.912. The fourth-order valence-corrected chi connectivity index (χ4v) is 3.64. The van der Waals surface area contributed by atoms with Gasteiger partial charge >= 0.3 is 0 Å². The molecular weight excluding hydrogens is 292 g/mol. The molecule has 4 aromatic heterocycles. The lowest BCUT2D eigenvalue weighted by atomic mass is 10.3. The minimum absolute atomic E-state index is 0.679. The van der Waals surface area contributed by atoms with Crippen LogP contribution in [0.25, 0.3) is 16.5 Å². The van der Waals surface area contributed by atoms with Gasteiger partial charge in [-0.15, -0.1) is 21.5 Å². The van der Waals surface area contributed by atoms with E-state index in [1.165, 1.54) is 4.88 Å². The smallest absolute Gasteiger partial charge is 0.235 e. The summed E-state index contributed by atoms with van der Waals surface area (Å²) in [6.45, 7) is 1.96. The molecule has 0 saturated heterocycles. The molecule has 0 unspecified atom stereocenters. The standard InChI is InChI=1S/C12H10N6S2/c1-7-5-9(14-13-7)11-15-16-12-18(11)17-10(20-12)6-8-3-2-4-19-8/h2-5H,6H2,1H3,(H,13,14). The molecule has 1 N–H and O–H groups in total. The van der Waals surface area contributed by atoms with Gasteiger partial charge in [-0.3, -0.25) is 5.10 Å². The lowest BCUT2D eigenvalue weighted by Gasteiger charge is -1.91. The Kier molecular flexibility index (Phi) is 2.64. The van der Waals surface area contributed by atoms with Crippen molar-refractivity contribution in [3.8, 4) is 11.5 Å². The Labute approximate surface area is 122 Å². The molecule has 0 aromatic carbocycles. The number of H-pyrrole nitrogens is 1. The molecule has 0 saturated carbocycles. The Morgan fingerprint density at radius 3 is 3.05 bits per heavy atom. The quantitative estimate of drug-likeness (QED) is 0.631. The van der Waals surface area contributed by atoms with Crippen LogP contribution in [0.15, 0.2) is 23.6 Å². The summed E-state index contributed by atoms with van der Waals surface area (Å²) >= 11 is 3.30. The average molecular weight is 302 g/mol. The van der Waals surface area contributed by atoms with Crippen molar-refractivity contribution in [2.24, 2.45) is 0 Å². The molecule has 0 aliphatic rings. The van der Waals surface area contributed by atoms with Gasteiger partial charge in [0.25, 0.3) is 0 Å². The summed E-state index contributed by atoms with van der Waals surface area (Å²) in [4.78, 5) is 2.10. The van der Waals surface area contributed by atoms with E-state index in [9.17, 15) is 0 Å². The van der Waals surface area contributed by atoms with Crippen molar-refractivity contribution >= 4 is 27.6 Å². The zero-order valence-electron chi connectivity index (χ0n) is 10.6. The van der Waals surface area contributed by atoms with Gasteiger partial charge in [0.05, 0.1) is 0 Å². The van der Waals surface area contributed by atoms with Crippen molar-refractivity contribution in [1.82, 2.24) is 30.0 Å². The largest absolute Gasteiger partial charge is 0.282 e. The van der Waals surface area contributed by atoms with Crippen LogP contribution >= 0.6 is 22.7 Å². The maximum absolute atomic E-state index is 4.60. The lowest BCUT2D eigenvalue weighted by Crippen LogP contribution is -1.93. The maximum Gasteiger partial charge on any atom is 0.235 e. The van der Waals surface area contributed by atoms with Crippen molar-refractivity contribution in [3.63, 3.8) is 0 Å². The third-order valence-corrected chi connectivity index (χ3v) is 4.65. The SMILES string of the molecule is Cc1cc(-c2nnc3sc(Cc4cccs4)nn23)n[nH]1. The average Bonchev–Trinajstić information content (AvgIpc) is 3.13. The highest BCUT2D eigenvalue weighted by atomic mass is 32.1. The Bertz CT molecular complexity index is 854. The first-order chi connectivity index (χ1) is 9.79. The molecule has 4 heterocycles. The van der Waals surface area contributed by atoms with E-state index in [0.717, 1.165) is 27.8 Å². The predicted octanol–water partition coefficient (Wildman–Crippen LogP) is 2.54. The number of nitrogens with zero attached hydrogens (tertiary/aromatic N) is 5. The zero-order chi connectivity index (χ0) is 13.5. The van der Waals surface area contributed by atoms with E-state index in [4.69, 9.17) is 0 Å². The van der Waals surface area contributed by atoms with Crippen molar-refractivity contribution in [1.29, 1.82) is 0 Å². The van der Waals surface area contributed by atoms with Gasteiger partial charge in [-0.2, -0.15) is 14.7 Å². The van der Waals surface area contributed by atoms with E-state index < -0.39 is 0 Å². The summed E-state index contributed by atoms with van der Waals surface area (Å²) in [5.41, 5.74) is 1.76. The molecule has 0 bridgehead atoms. The molecule has 20 heavy (non-hydrogen) atoms. The molecule has 0 radical (unpaired) electrons. The van der Waals surface area contributed by atoms with Crippen LogP contribution in [0.4, 0.5) is 0 Å². The minimum Gasteiger partial charge on any atom is -0.282 e. The van der Waals surface area contributed by atoms with Gasteiger partial charge in [-0.05, 0) is 24.4 Å². The van der Waals surface area contributed by atoms with Gasteiger partial charge in [0, 0.05) is 17.0 Å². The molecule has 0 aliphatic carbocycles. The van der Waals surface area contributed by atoms with E-state index in [0.29, 0.717) is 5.82 Å². The van der Waals surface area contributed by atoms with Crippen molar-refractivity contribution in [3.05, 3.63) is 39.2 Å². The second kappa shape index (κ2) is 4.50. The number of thiophene rings is 1. The number of hydrogen-bond acceptors (Lipinski definition) is 6. The normalized spacial score (nSPS) is 11.4. The topological polar surface area (TPSA) is 71.8 Å². The zero-order valence-corrected chi connectivity index (χ0v) is 12.2. The number of rotatable bonds is 3. The summed E-state index contributed by atoms with van der Waals surface area (Å²) in [5, 5.41) is 23.2. The van der Waals surface area contributed by atoms with Crippen LogP contribution in [0.1, 0.15) is 15.6 Å². The summed E-state index contributed by atoms with van der Waals surface area (Å²) in [7, 11) is 0. The van der Waals surface area contributed by atoms with E-state index >= 15 is 0 Å². The number of aryl methyl sites for hydroxylation is 1. The molecule has 6 nitrogen and oxygen atoms in total. The van der Waals surface area contributed by atoms with E-state index in [2.05, 4.69) is 43.0 Å². The van der Waals surface area contributed by atoms with Crippen LogP contribution in [0.3, 0.4) is 0 Å². The molecule has 0 spiro atoms. The first kappa shape index (κ1) is 11.7. The molecule has 100 valence electrons. The third kappa shape index (κ3) is 1.93. The fraction of sp³-hybridized carbons (Fsp3) is 0.167. The highest BCUT2D eigenvalue weighted by Crippen LogP contribution is 2.23. The fourth-order valence-electron chi connectivity index (χ4n) is 1.98. The first-order valence-corrected chi connectivity index (χ1v) is 7.75. The summed E-state index contributed by atoms with van der Waals surface area (Å²) in [6, 6.07) is 6.11. The number of aromatic nitrogens is 6. The van der Waals surface area contributed by atoms with Crippen molar-refractivity contribution < 1.29 is 0 Å². The molecule has 0 aliphatic heterocycles. The monoisotopic (exact) mass is 302 g/mol. The van der Waals surface area contributed by atoms with Crippen LogP contribution in [-0.2, 0) is 6.42 Å². The second-order valence-electron chi connectivity index (χ2n) is 4.41. The number of aromatic amines is 1. The van der Waals surface area contributed by atoms with Gasteiger partial charge in [0.2, 0.25) is 10.8 Å². The molecular formula is C12H10N6S2. The van der Waals surface area contributed by atoms with Crippen LogP contribution in [0, 0.1) is 6.92 Å². The molecule has 0 atom stereocenters. The van der Waals surface area contributed by atoms with Crippen molar-refractivity contribution in [2.45, 2.75) is 13.3 Å². The van der Waals surface area contributed by atoms with E-state index in [-0.39, 0.29) is 0 Å². The summed E-state index contributed by atoms with van der Waals surface area (Å²) < 4.78 is 1.77. The highest BCUT2D eigenvalue weighted by molar-refractivity contribution is 7.17. The van der Waals surface area contributed by atoms with Gasteiger partial charge in [0.1, 0.15) is 10.7 Å². The number of nitrogens with one attached hydrogen (secondary N) is 1. The maximum atomic E-state index is 4.60. The second-order valence-corrected chi connectivity index (χ2v) is 6.48. The molecule has 8 heteroatoms. The summed E-state index contributed by atoms with van der Waals surface area (Å²) in [6.07, 6.45) is 0.838. The molecule has 4 rings (SSSR count). The number of fused-ring (bicyclic) bond motifs is 1. The van der Waals surface area contributed by atoms with Crippen LogP contribution in [0.2, 0.25) is 0 Å². The van der Waals surface area contributed by atoms with E-state index in [1.54, 1.807) is 27.2 Å². The Balaban J connectivity index is 1.75. The van der Waals surface area contributed by atoms with Crippen LogP contribution in [0.5, 0.6) is 0 Å². The van der Waals surface area contributed by atoms with Crippen LogP contribution in [-0.4, -0.2) is 30.0 Å². The minimum atomic E-state index is 0.679. The molecule has 4 aromatic rings. The number of hydrogen-bond donors (Lipinski definition) is 1. The van der Waals surface area contributed by atoms with Gasteiger partial charge in [-0.1, -0.05) is 17.4 Å². The van der Waals surface area contributed by atoms with Gasteiger partial charge < -0.3 is 0 Å². The highest BCUT2D eigenvalue weighted by Gasteiger charge is 2.15. The first-order valence-electron chi connectivity index (χ1n) is 6.05. The van der Waals surface area contributed by atoms with Crippen molar-refractivity contribution in [2.75, 3.05) is 0 Å². The third-order valence-electron chi connectivity index (χ3n) is 2.87. The summed E-state index contributed by atoms with van der Waals surface area (Å²) in [5.74, 6) is 0.679. The predicted molar refractivity (Wildman–Crippen MR) is 78.1 cm³/mol. The Hall–Kier alpha value is -2.06. The molecule has 0 amide bonds. The van der Waals surface area contributed by atoms with Gasteiger partial charge in [-0.25, -0.2) is 0 Å². The molecule has 0 fully saturated rings. The Morgan fingerprint density at radius 1 is 1.35 bits per heavy atom. The van der Waals surface area contributed by atoms with Gasteiger partial charge in [0.15, 0.2) is 0 Å². The Morgan fingerprint density at radius 2 is 2.30 bits per heavy atom.